The second-order valence-electron chi connectivity index (χ2n) is 6.79. The predicted molar refractivity (Wildman–Crippen MR) is 101 cm³/mol. The molecule has 0 unspecified atom stereocenters. The van der Waals surface area contributed by atoms with Crippen LogP contribution in [0.2, 0.25) is 0 Å². The van der Waals surface area contributed by atoms with Gasteiger partial charge in [0.15, 0.2) is 0 Å². The minimum absolute atomic E-state index is 0.180. The number of thiophene rings is 1. The van der Waals surface area contributed by atoms with Crippen molar-refractivity contribution in [3.05, 3.63) is 34.0 Å². The van der Waals surface area contributed by atoms with Gasteiger partial charge in [-0.15, -0.1) is 11.3 Å². The van der Waals surface area contributed by atoms with Crippen LogP contribution >= 0.6 is 11.3 Å². The molecule has 0 spiro atoms. The van der Waals surface area contributed by atoms with E-state index in [0.29, 0.717) is 6.42 Å². The molecule has 1 N–H and O–H groups in total. The quantitative estimate of drug-likeness (QED) is 0.441. The Bertz CT molecular complexity index is 772. The summed E-state index contributed by atoms with van der Waals surface area (Å²) < 4.78 is 0. The number of allylic oxidation sites excluding steroid dienone is 1. The van der Waals surface area contributed by atoms with Crippen molar-refractivity contribution >= 4 is 35.1 Å². The Labute approximate surface area is 162 Å². The number of carbonyl (C=O) groups is 4. The minimum atomic E-state index is -0.934. The smallest absolute Gasteiger partial charge is 0.334 e. The normalized spacial score (nSPS) is 18.7. The van der Waals surface area contributed by atoms with E-state index in [0.717, 1.165) is 40.4 Å². The Hall–Kier alpha value is -2.48. The van der Waals surface area contributed by atoms with Crippen molar-refractivity contribution in [1.82, 2.24) is 15.1 Å². The number of hydrogen-bond acceptors (Lipinski definition) is 5. The summed E-state index contributed by atoms with van der Waals surface area (Å²) in [7, 11) is 0. The third kappa shape index (κ3) is 4.44. The molecule has 1 aliphatic carbocycles. The molecule has 0 radical (unpaired) electrons. The molecule has 0 bridgehead atoms. The molecule has 7 nitrogen and oxygen atoms in total. The predicted octanol–water partition coefficient (Wildman–Crippen LogP) is 2.61. The highest BCUT2D eigenvalue weighted by Gasteiger charge is 2.45. The van der Waals surface area contributed by atoms with Crippen LogP contribution in [-0.4, -0.2) is 46.6 Å². The van der Waals surface area contributed by atoms with Crippen molar-refractivity contribution in [2.24, 2.45) is 0 Å². The fraction of sp³-hybridized carbons (Fsp3) is 0.474. The van der Waals surface area contributed by atoms with Crippen LogP contribution in [0.1, 0.15) is 49.9 Å². The molecular formula is C19H23N3O4S. The monoisotopic (exact) mass is 389 g/mol. The number of amides is 5. The summed E-state index contributed by atoms with van der Waals surface area (Å²) in [6.07, 6.45) is 6.99. The number of hydrogen-bond donors (Lipinski definition) is 1. The van der Waals surface area contributed by atoms with E-state index in [1.54, 1.807) is 0 Å². The van der Waals surface area contributed by atoms with Gasteiger partial charge < -0.3 is 5.32 Å². The van der Waals surface area contributed by atoms with Gasteiger partial charge in [0, 0.05) is 11.4 Å². The number of nitrogens with one attached hydrogen (secondary N) is 1. The molecule has 1 aromatic heterocycles. The Morgan fingerprint density at radius 3 is 2.67 bits per heavy atom. The Morgan fingerprint density at radius 2 is 2.00 bits per heavy atom. The van der Waals surface area contributed by atoms with E-state index in [4.69, 9.17) is 0 Å². The molecule has 27 heavy (non-hydrogen) atoms. The SMILES string of the molecule is C[C@@H](NC(=O)CN1C(=O)C(=O)N(CCC2=CCCCC2)C1=O)c1cccs1. The Kier molecular flexibility index (Phi) is 6.05. The summed E-state index contributed by atoms with van der Waals surface area (Å²) in [5.74, 6) is -2.26. The number of carbonyl (C=O) groups excluding carboxylic acids is 4. The van der Waals surface area contributed by atoms with E-state index < -0.39 is 30.3 Å². The van der Waals surface area contributed by atoms with Gasteiger partial charge in [-0.3, -0.25) is 19.3 Å². The van der Waals surface area contributed by atoms with Crippen molar-refractivity contribution < 1.29 is 19.2 Å². The molecule has 0 saturated carbocycles. The van der Waals surface area contributed by atoms with Gasteiger partial charge in [0.2, 0.25) is 5.91 Å². The summed E-state index contributed by atoms with van der Waals surface area (Å²) in [5.41, 5.74) is 1.22. The fourth-order valence-electron chi connectivity index (χ4n) is 3.31. The zero-order valence-corrected chi connectivity index (χ0v) is 16.1. The zero-order valence-electron chi connectivity index (χ0n) is 15.3. The van der Waals surface area contributed by atoms with E-state index >= 15 is 0 Å². The largest absolute Gasteiger partial charge is 0.347 e. The molecule has 3 rings (SSSR count). The average molecular weight is 389 g/mol. The van der Waals surface area contributed by atoms with Crippen LogP contribution in [0, 0.1) is 0 Å². The highest BCUT2D eigenvalue weighted by Crippen LogP contribution is 2.22. The van der Waals surface area contributed by atoms with E-state index in [1.807, 2.05) is 24.4 Å². The standard InChI is InChI=1S/C19H23N3O4S/c1-13(15-8-5-11-27-15)20-16(23)12-22-18(25)17(24)21(19(22)26)10-9-14-6-3-2-4-7-14/h5-6,8,11,13H,2-4,7,9-10,12H2,1H3,(H,20,23)/t13-/m1/s1. The average Bonchev–Trinajstić information content (AvgIpc) is 3.26. The second kappa shape index (κ2) is 8.47. The van der Waals surface area contributed by atoms with Crippen molar-refractivity contribution in [2.75, 3.05) is 13.1 Å². The third-order valence-electron chi connectivity index (χ3n) is 4.83. The van der Waals surface area contributed by atoms with Crippen LogP contribution in [0.25, 0.3) is 0 Å². The van der Waals surface area contributed by atoms with Crippen molar-refractivity contribution in [1.29, 1.82) is 0 Å². The number of nitrogens with zero attached hydrogens (tertiary/aromatic N) is 2. The molecule has 1 fully saturated rings. The maximum Gasteiger partial charge on any atom is 0.334 e. The number of imide groups is 2. The molecule has 8 heteroatoms. The molecule has 1 atom stereocenters. The fourth-order valence-corrected chi connectivity index (χ4v) is 4.05. The van der Waals surface area contributed by atoms with Gasteiger partial charge >= 0.3 is 17.8 Å². The molecule has 2 heterocycles. The summed E-state index contributed by atoms with van der Waals surface area (Å²) in [6.45, 7) is 1.56. The van der Waals surface area contributed by atoms with Crippen LogP contribution in [-0.2, 0) is 14.4 Å². The van der Waals surface area contributed by atoms with Crippen LogP contribution < -0.4 is 5.32 Å². The molecular weight excluding hydrogens is 366 g/mol. The zero-order chi connectivity index (χ0) is 19.4. The van der Waals surface area contributed by atoms with Crippen molar-refractivity contribution in [2.45, 2.75) is 45.1 Å². The van der Waals surface area contributed by atoms with E-state index in [-0.39, 0.29) is 12.6 Å². The van der Waals surface area contributed by atoms with Crippen LogP contribution in [0.3, 0.4) is 0 Å². The maximum absolute atomic E-state index is 12.5. The third-order valence-corrected chi connectivity index (χ3v) is 5.88. The molecule has 0 aromatic carbocycles. The van der Waals surface area contributed by atoms with Gasteiger partial charge in [-0.25, -0.2) is 9.69 Å². The lowest BCUT2D eigenvalue weighted by Crippen LogP contribution is -2.42. The lowest BCUT2D eigenvalue weighted by atomic mass is 9.97. The molecule has 2 aliphatic rings. The number of urea groups is 1. The van der Waals surface area contributed by atoms with Crippen molar-refractivity contribution in [3.63, 3.8) is 0 Å². The summed E-state index contributed by atoms with van der Waals surface area (Å²) in [5, 5.41) is 4.66. The van der Waals surface area contributed by atoms with Gasteiger partial charge in [0.1, 0.15) is 6.54 Å². The maximum atomic E-state index is 12.5. The topological polar surface area (TPSA) is 86.8 Å². The lowest BCUT2D eigenvalue weighted by molar-refractivity contribution is -0.144. The van der Waals surface area contributed by atoms with Gasteiger partial charge in [-0.1, -0.05) is 17.7 Å². The van der Waals surface area contributed by atoms with Gasteiger partial charge in [0.05, 0.1) is 6.04 Å². The molecule has 1 aliphatic heterocycles. The Morgan fingerprint density at radius 1 is 1.22 bits per heavy atom. The van der Waals surface area contributed by atoms with Crippen LogP contribution in [0.5, 0.6) is 0 Å². The number of rotatable bonds is 7. The summed E-state index contributed by atoms with van der Waals surface area (Å²) >= 11 is 1.51. The minimum Gasteiger partial charge on any atom is -0.347 e. The van der Waals surface area contributed by atoms with Crippen LogP contribution in [0.4, 0.5) is 4.79 Å². The van der Waals surface area contributed by atoms with E-state index in [1.165, 1.54) is 16.9 Å². The van der Waals surface area contributed by atoms with Gasteiger partial charge in [0.25, 0.3) is 0 Å². The highest BCUT2D eigenvalue weighted by molar-refractivity contribution is 7.10. The highest BCUT2D eigenvalue weighted by atomic mass is 32.1. The lowest BCUT2D eigenvalue weighted by Gasteiger charge is -2.18. The first kappa shape index (κ1) is 19.3. The van der Waals surface area contributed by atoms with Crippen molar-refractivity contribution in [3.8, 4) is 0 Å². The van der Waals surface area contributed by atoms with Crippen LogP contribution in [0.15, 0.2) is 29.2 Å². The molecule has 1 saturated heterocycles. The molecule has 1 aromatic rings. The van der Waals surface area contributed by atoms with Gasteiger partial charge in [-0.05, 0) is 50.5 Å². The first-order valence-corrected chi connectivity index (χ1v) is 10.0. The first-order valence-electron chi connectivity index (χ1n) is 9.15. The van der Waals surface area contributed by atoms with E-state index in [2.05, 4.69) is 11.4 Å². The first-order chi connectivity index (χ1) is 13.0. The second-order valence-corrected chi connectivity index (χ2v) is 7.77. The summed E-state index contributed by atoms with van der Waals surface area (Å²) in [4.78, 5) is 51.6. The van der Waals surface area contributed by atoms with E-state index in [9.17, 15) is 19.2 Å². The van der Waals surface area contributed by atoms with Gasteiger partial charge in [-0.2, -0.15) is 0 Å². The molecule has 5 amide bonds. The molecule has 144 valence electrons. The summed E-state index contributed by atoms with van der Waals surface area (Å²) in [6, 6.07) is 2.84. The Balaban J connectivity index is 1.56.